The molecule has 1 rings (SSSR count). The fourth-order valence-corrected chi connectivity index (χ4v) is 2.84. The molecule has 0 radical (unpaired) electrons. The number of carbonyl (C=O) groups is 3. The third-order valence-corrected chi connectivity index (χ3v) is 4.03. The van der Waals surface area contributed by atoms with E-state index in [0.717, 1.165) is 11.8 Å². The minimum atomic E-state index is -0.632. The number of nitrogens with one attached hydrogen (secondary N) is 1. The molecule has 0 fully saturated rings. The molecule has 144 valence electrons. The van der Waals surface area contributed by atoms with Crippen LogP contribution in [0.4, 0.5) is 4.79 Å². The Morgan fingerprint density at radius 2 is 1.65 bits per heavy atom. The number of hydrogen-bond donors (Lipinski definition) is 1. The van der Waals surface area contributed by atoms with E-state index >= 15 is 0 Å². The fourth-order valence-electron chi connectivity index (χ4n) is 2.84. The summed E-state index contributed by atoms with van der Waals surface area (Å²) in [5.41, 5.74) is 0.882. The summed E-state index contributed by atoms with van der Waals surface area (Å²) in [7, 11) is 0. The first-order valence-corrected chi connectivity index (χ1v) is 9.27. The van der Waals surface area contributed by atoms with Gasteiger partial charge in [-0.3, -0.25) is 4.79 Å². The van der Waals surface area contributed by atoms with Crippen LogP contribution >= 0.6 is 0 Å². The lowest BCUT2D eigenvalue weighted by Gasteiger charge is -2.21. The maximum atomic E-state index is 12.6. The van der Waals surface area contributed by atoms with E-state index in [0.29, 0.717) is 18.8 Å². The number of ether oxygens (including phenoxy) is 1. The summed E-state index contributed by atoms with van der Waals surface area (Å²) >= 11 is 0. The molecule has 0 aromatic heterocycles. The maximum Gasteiger partial charge on any atom is 0.408 e. The summed E-state index contributed by atoms with van der Waals surface area (Å²) in [5.74, 6) is 0.149. The Morgan fingerprint density at radius 1 is 1.04 bits per heavy atom. The van der Waals surface area contributed by atoms with Gasteiger partial charge in [0.25, 0.3) is 0 Å². The highest BCUT2D eigenvalue weighted by atomic mass is 16.5. The molecule has 26 heavy (non-hydrogen) atoms. The summed E-state index contributed by atoms with van der Waals surface area (Å²) in [6.45, 7) is 8.17. The number of amides is 1. The molecule has 1 N–H and O–H groups in total. The quantitative estimate of drug-likeness (QED) is 0.601. The van der Waals surface area contributed by atoms with Gasteiger partial charge in [0.2, 0.25) is 0 Å². The largest absolute Gasteiger partial charge is 0.445 e. The number of carbonyl (C=O) groups excluding carboxylic acids is 3. The van der Waals surface area contributed by atoms with Crippen molar-refractivity contribution >= 4 is 18.2 Å². The zero-order valence-electron chi connectivity index (χ0n) is 16.2. The predicted molar refractivity (Wildman–Crippen MR) is 102 cm³/mol. The van der Waals surface area contributed by atoms with Gasteiger partial charge in [-0.05, 0) is 30.2 Å². The van der Waals surface area contributed by atoms with Gasteiger partial charge >= 0.3 is 6.09 Å². The second-order valence-electron chi connectivity index (χ2n) is 7.58. The lowest BCUT2D eigenvalue weighted by Crippen LogP contribution is -2.42. The van der Waals surface area contributed by atoms with Crippen LogP contribution < -0.4 is 5.32 Å². The molecule has 1 aromatic carbocycles. The van der Waals surface area contributed by atoms with E-state index < -0.39 is 12.1 Å². The van der Waals surface area contributed by atoms with Crippen molar-refractivity contribution in [3.05, 3.63) is 35.9 Å². The predicted octanol–water partition coefficient (Wildman–Crippen LogP) is 4.15. The van der Waals surface area contributed by atoms with Crippen LogP contribution in [0.15, 0.2) is 30.3 Å². The Morgan fingerprint density at radius 3 is 2.19 bits per heavy atom. The number of ketones is 1. The Kier molecular flexibility index (Phi) is 9.63. The lowest BCUT2D eigenvalue weighted by molar-refractivity contribution is -0.125. The Hall–Kier alpha value is -2.17. The second-order valence-corrected chi connectivity index (χ2v) is 7.58. The number of rotatable bonds is 11. The molecule has 1 amide bonds. The third kappa shape index (κ3) is 8.79. The van der Waals surface area contributed by atoms with E-state index in [1.54, 1.807) is 0 Å². The van der Waals surface area contributed by atoms with Crippen LogP contribution in [0.25, 0.3) is 0 Å². The van der Waals surface area contributed by atoms with Crippen LogP contribution in [0.5, 0.6) is 0 Å². The van der Waals surface area contributed by atoms with Crippen molar-refractivity contribution in [3.8, 4) is 0 Å². The van der Waals surface area contributed by atoms with Crippen molar-refractivity contribution in [2.45, 2.75) is 59.6 Å². The SMILES string of the molecule is CC(C)C[C@@H](C=O)CC(=O)[C@@H](CC(C)C)NC(=O)OCc1ccccc1. The molecule has 0 aliphatic carbocycles. The highest BCUT2D eigenvalue weighted by Crippen LogP contribution is 2.17. The summed E-state index contributed by atoms with van der Waals surface area (Å²) in [4.78, 5) is 35.9. The van der Waals surface area contributed by atoms with Crippen LogP contribution in [0.3, 0.4) is 0 Å². The highest BCUT2D eigenvalue weighted by molar-refractivity contribution is 5.89. The highest BCUT2D eigenvalue weighted by Gasteiger charge is 2.25. The standard InChI is InChI=1S/C21H31NO4/c1-15(2)10-18(13-23)12-20(24)19(11-16(3)4)22-21(25)26-14-17-8-6-5-7-9-17/h5-9,13,15-16,18-19H,10-12,14H2,1-4H3,(H,22,25)/t18-,19-/m1/s1. The smallest absolute Gasteiger partial charge is 0.408 e. The summed E-state index contributed by atoms with van der Waals surface area (Å²) < 4.78 is 5.21. The topological polar surface area (TPSA) is 72.5 Å². The number of Topliss-reactive ketones (excluding diaryl/α,β-unsaturated/α-hetero) is 1. The summed E-state index contributed by atoms with van der Waals surface area (Å²) in [5, 5.41) is 2.67. The van der Waals surface area contributed by atoms with Gasteiger partial charge in [0, 0.05) is 12.3 Å². The van der Waals surface area contributed by atoms with Crippen LogP contribution in [0.1, 0.15) is 52.5 Å². The van der Waals surface area contributed by atoms with Crippen molar-refractivity contribution in [3.63, 3.8) is 0 Å². The first-order valence-electron chi connectivity index (χ1n) is 9.27. The molecule has 0 unspecified atom stereocenters. The van der Waals surface area contributed by atoms with Crippen LogP contribution in [-0.2, 0) is 20.9 Å². The minimum Gasteiger partial charge on any atom is -0.445 e. The summed E-state index contributed by atoms with van der Waals surface area (Å²) in [6, 6.07) is 8.73. The molecular weight excluding hydrogens is 330 g/mol. The van der Waals surface area contributed by atoms with Crippen molar-refractivity contribution < 1.29 is 19.1 Å². The van der Waals surface area contributed by atoms with Crippen LogP contribution in [-0.4, -0.2) is 24.2 Å². The van der Waals surface area contributed by atoms with Gasteiger partial charge in [-0.2, -0.15) is 0 Å². The molecule has 5 heteroatoms. The molecule has 0 spiro atoms. The monoisotopic (exact) mass is 361 g/mol. The number of benzene rings is 1. The molecule has 0 aliphatic heterocycles. The van der Waals surface area contributed by atoms with Crippen molar-refractivity contribution in [2.24, 2.45) is 17.8 Å². The Bertz CT molecular complexity index is 569. The zero-order valence-corrected chi connectivity index (χ0v) is 16.2. The molecule has 0 heterocycles. The average Bonchev–Trinajstić information content (AvgIpc) is 2.58. The first kappa shape index (κ1) is 21.9. The van der Waals surface area contributed by atoms with E-state index in [2.05, 4.69) is 5.32 Å². The fraction of sp³-hybridized carbons (Fsp3) is 0.571. The van der Waals surface area contributed by atoms with E-state index in [-0.39, 0.29) is 30.6 Å². The maximum absolute atomic E-state index is 12.6. The van der Waals surface area contributed by atoms with E-state index in [4.69, 9.17) is 4.74 Å². The normalized spacial score (nSPS) is 13.3. The van der Waals surface area contributed by atoms with E-state index in [1.165, 1.54) is 0 Å². The second kappa shape index (κ2) is 11.4. The molecule has 0 saturated carbocycles. The number of hydrogen-bond acceptors (Lipinski definition) is 4. The molecule has 0 bridgehead atoms. The van der Waals surface area contributed by atoms with Gasteiger partial charge < -0.3 is 14.8 Å². The van der Waals surface area contributed by atoms with Crippen molar-refractivity contribution in [2.75, 3.05) is 0 Å². The third-order valence-electron chi connectivity index (χ3n) is 4.03. The molecule has 0 aliphatic rings. The van der Waals surface area contributed by atoms with Gasteiger partial charge in [0.1, 0.15) is 12.9 Å². The number of aldehydes is 1. The lowest BCUT2D eigenvalue weighted by atomic mass is 9.89. The van der Waals surface area contributed by atoms with Gasteiger partial charge in [0.05, 0.1) is 6.04 Å². The molecule has 5 nitrogen and oxygen atoms in total. The Labute approximate surface area is 156 Å². The van der Waals surface area contributed by atoms with Crippen molar-refractivity contribution in [1.29, 1.82) is 0 Å². The first-order chi connectivity index (χ1) is 12.3. The van der Waals surface area contributed by atoms with Gasteiger partial charge in [0.15, 0.2) is 5.78 Å². The zero-order chi connectivity index (χ0) is 19.5. The van der Waals surface area contributed by atoms with E-state index in [1.807, 2.05) is 58.0 Å². The van der Waals surface area contributed by atoms with Gasteiger partial charge in [-0.1, -0.05) is 58.0 Å². The Balaban J connectivity index is 2.62. The average molecular weight is 361 g/mol. The molecular formula is C21H31NO4. The minimum absolute atomic E-state index is 0.117. The van der Waals surface area contributed by atoms with Crippen LogP contribution in [0.2, 0.25) is 0 Å². The van der Waals surface area contributed by atoms with Crippen molar-refractivity contribution in [1.82, 2.24) is 5.32 Å². The van der Waals surface area contributed by atoms with Gasteiger partial charge in [-0.15, -0.1) is 0 Å². The molecule has 0 saturated heterocycles. The number of alkyl carbamates (subject to hydrolysis) is 1. The van der Waals surface area contributed by atoms with E-state index in [9.17, 15) is 14.4 Å². The summed E-state index contributed by atoms with van der Waals surface area (Å²) in [6.07, 6.45) is 1.57. The van der Waals surface area contributed by atoms with Gasteiger partial charge in [-0.25, -0.2) is 4.79 Å². The molecule has 2 atom stereocenters. The molecule has 1 aromatic rings. The van der Waals surface area contributed by atoms with Crippen LogP contribution in [0, 0.1) is 17.8 Å².